The number of thiazole rings is 1. The van der Waals surface area contributed by atoms with Crippen LogP contribution in [0.2, 0.25) is 10.0 Å². The highest BCUT2D eigenvalue weighted by Crippen LogP contribution is 2.37. The van der Waals surface area contributed by atoms with Crippen LogP contribution in [0.4, 0.5) is 0 Å². The second kappa shape index (κ2) is 15.8. The first-order valence-electron chi connectivity index (χ1n) is 16.1. The smallest absolute Gasteiger partial charge is 0.338 e. The van der Waals surface area contributed by atoms with Crippen LogP contribution >= 0.6 is 34.5 Å². The summed E-state index contributed by atoms with van der Waals surface area (Å²) in [6.45, 7) is 8.49. The first-order chi connectivity index (χ1) is 24.3. The lowest BCUT2D eigenvalue weighted by atomic mass is 9.93. The van der Waals surface area contributed by atoms with E-state index in [4.69, 9.17) is 42.4 Å². The fraction of sp³-hybridized carbons (Fsp3) is 0.175. The maximum Gasteiger partial charge on any atom is 0.338 e. The standard InChI is InChI=1S/C40H34Cl2N2O5S/c1-4-10-29-21-26(22-32(47-5-2)37(29)49-24-25-13-17-30(41)18-14-25)23-33-38(45)44-36(28-15-19-31(42)20-16-28)34(39(46)48-6-3)35(43-40(44)50-33)27-11-8-7-9-12-27/h4,7-9,11-23,36H,1,5-6,10,24H2,2-3H3/b33-23+/t36-/m1/s1. The number of benzene rings is 4. The second-order valence-corrected chi connectivity index (χ2v) is 13.2. The molecule has 1 aliphatic heterocycles. The molecule has 0 saturated carbocycles. The quantitative estimate of drug-likeness (QED) is 0.0965. The molecule has 6 rings (SSSR count). The van der Waals surface area contributed by atoms with Crippen LogP contribution in [0.15, 0.2) is 119 Å². The number of ether oxygens (including phenoxy) is 3. The van der Waals surface area contributed by atoms with Crippen LogP contribution < -0.4 is 24.4 Å². The van der Waals surface area contributed by atoms with E-state index in [1.54, 1.807) is 29.7 Å². The Morgan fingerprint density at radius 3 is 2.30 bits per heavy atom. The highest BCUT2D eigenvalue weighted by atomic mass is 35.5. The number of nitrogens with zero attached hydrogens (tertiary/aromatic N) is 2. The number of hydrogen-bond acceptors (Lipinski definition) is 7. The Morgan fingerprint density at radius 1 is 0.940 bits per heavy atom. The summed E-state index contributed by atoms with van der Waals surface area (Å²) in [7, 11) is 0. The number of fused-ring (bicyclic) bond motifs is 1. The zero-order chi connectivity index (χ0) is 35.2. The number of hydrogen-bond donors (Lipinski definition) is 0. The fourth-order valence-corrected chi connectivity index (χ4v) is 7.04. The molecule has 4 aromatic carbocycles. The minimum atomic E-state index is -0.807. The molecule has 254 valence electrons. The normalized spacial score (nSPS) is 14.2. The Labute approximate surface area is 304 Å². The van der Waals surface area contributed by atoms with Crippen molar-refractivity contribution >= 4 is 52.3 Å². The van der Waals surface area contributed by atoms with E-state index in [2.05, 4.69) is 6.58 Å². The van der Waals surface area contributed by atoms with Gasteiger partial charge in [0.25, 0.3) is 5.56 Å². The summed E-state index contributed by atoms with van der Waals surface area (Å²) in [5.41, 5.74) is 4.41. The molecule has 50 heavy (non-hydrogen) atoms. The van der Waals surface area contributed by atoms with Gasteiger partial charge in [-0.05, 0) is 79.4 Å². The van der Waals surface area contributed by atoms with E-state index in [0.717, 1.165) is 22.3 Å². The van der Waals surface area contributed by atoms with Crippen LogP contribution in [0.25, 0.3) is 11.8 Å². The molecular formula is C40H34Cl2N2O5S. The molecule has 0 saturated heterocycles. The molecular weight excluding hydrogens is 691 g/mol. The van der Waals surface area contributed by atoms with Crippen LogP contribution in [-0.4, -0.2) is 23.8 Å². The lowest BCUT2D eigenvalue weighted by Gasteiger charge is -2.26. The average molecular weight is 726 g/mol. The summed E-state index contributed by atoms with van der Waals surface area (Å²) >= 11 is 13.6. The zero-order valence-electron chi connectivity index (χ0n) is 27.5. The third-order valence-electron chi connectivity index (χ3n) is 7.97. The first-order valence-corrected chi connectivity index (χ1v) is 17.7. The molecule has 0 bridgehead atoms. The average Bonchev–Trinajstić information content (AvgIpc) is 3.43. The number of aromatic nitrogens is 1. The van der Waals surface area contributed by atoms with Gasteiger partial charge in [0.2, 0.25) is 0 Å². The molecule has 1 atom stereocenters. The maximum atomic E-state index is 14.4. The highest BCUT2D eigenvalue weighted by Gasteiger charge is 2.35. The molecule has 5 aromatic rings. The summed E-state index contributed by atoms with van der Waals surface area (Å²) in [4.78, 5) is 33.5. The number of carbonyl (C=O) groups is 1. The van der Waals surface area contributed by atoms with Crippen LogP contribution in [-0.2, 0) is 22.6 Å². The Morgan fingerprint density at radius 2 is 1.64 bits per heavy atom. The number of esters is 1. The van der Waals surface area contributed by atoms with E-state index < -0.39 is 12.0 Å². The predicted molar refractivity (Wildman–Crippen MR) is 200 cm³/mol. The summed E-state index contributed by atoms with van der Waals surface area (Å²) in [6, 6.07) is 27.0. The monoisotopic (exact) mass is 724 g/mol. The molecule has 1 aromatic heterocycles. The number of carbonyl (C=O) groups excluding carboxylic acids is 1. The van der Waals surface area contributed by atoms with Crippen LogP contribution in [0, 0.1) is 0 Å². The molecule has 1 aliphatic rings. The summed E-state index contributed by atoms with van der Waals surface area (Å²) in [5, 5.41) is 1.19. The number of allylic oxidation sites excluding steroid dienone is 1. The van der Waals surface area contributed by atoms with Gasteiger partial charge in [0.1, 0.15) is 6.61 Å². The van der Waals surface area contributed by atoms with E-state index in [-0.39, 0.29) is 17.7 Å². The molecule has 0 fully saturated rings. The Bertz CT molecular complexity index is 2240. The van der Waals surface area contributed by atoms with Gasteiger partial charge in [0.15, 0.2) is 16.3 Å². The van der Waals surface area contributed by atoms with Crippen LogP contribution in [0.3, 0.4) is 0 Å². The van der Waals surface area contributed by atoms with Gasteiger partial charge in [-0.3, -0.25) is 9.36 Å². The Balaban J connectivity index is 1.52. The number of rotatable bonds is 12. The van der Waals surface area contributed by atoms with Crippen molar-refractivity contribution in [1.29, 1.82) is 0 Å². The summed E-state index contributed by atoms with van der Waals surface area (Å²) < 4.78 is 19.9. The van der Waals surface area contributed by atoms with Crippen molar-refractivity contribution in [3.05, 3.63) is 167 Å². The molecule has 0 spiro atoms. The van der Waals surface area contributed by atoms with E-state index in [1.165, 1.54) is 11.3 Å². The largest absolute Gasteiger partial charge is 0.490 e. The van der Waals surface area contributed by atoms with Gasteiger partial charge in [0.05, 0.1) is 35.1 Å². The van der Waals surface area contributed by atoms with Gasteiger partial charge < -0.3 is 14.2 Å². The SMILES string of the molecule is C=CCc1cc(/C=c2/sc3n(c2=O)[C@H](c2ccc(Cl)cc2)C(C(=O)OCC)=C(c2ccccc2)N=3)cc(OCC)c1OCc1ccc(Cl)cc1. The van der Waals surface area contributed by atoms with E-state index in [0.29, 0.717) is 61.8 Å². The summed E-state index contributed by atoms with van der Waals surface area (Å²) in [6.07, 6.45) is 4.13. The van der Waals surface area contributed by atoms with Crippen LogP contribution in [0.5, 0.6) is 11.5 Å². The van der Waals surface area contributed by atoms with Crippen molar-refractivity contribution in [3.63, 3.8) is 0 Å². The zero-order valence-corrected chi connectivity index (χ0v) is 29.9. The van der Waals surface area contributed by atoms with Crippen molar-refractivity contribution < 1.29 is 19.0 Å². The van der Waals surface area contributed by atoms with Crippen molar-refractivity contribution in [3.8, 4) is 11.5 Å². The third kappa shape index (κ3) is 7.48. The van der Waals surface area contributed by atoms with Gasteiger partial charge in [-0.2, -0.15) is 0 Å². The number of halogens is 2. The molecule has 0 amide bonds. The van der Waals surface area contributed by atoms with Gasteiger partial charge in [-0.1, -0.05) is 95.2 Å². The van der Waals surface area contributed by atoms with E-state index >= 15 is 0 Å². The van der Waals surface area contributed by atoms with Crippen molar-refractivity contribution in [1.82, 2.24) is 4.57 Å². The topological polar surface area (TPSA) is 79.1 Å². The molecule has 2 heterocycles. The molecule has 0 radical (unpaired) electrons. The first kappa shape index (κ1) is 35.0. The van der Waals surface area contributed by atoms with E-state index in [9.17, 15) is 9.59 Å². The van der Waals surface area contributed by atoms with Gasteiger partial charge >= 0.3 is 5.97 Å². The third-order valence-corrected chi connectivity index (χ3v) is 9.46. The molecule has 0 unspecified atom stereocenters. The predicted octanol–water partition coefficient (Wildman–Crippen LogP) is 7.95. The second-order valence-electron chi connectivity index (χ2n) is 11.3. The van der Waals surface area contributed by atoms with Crippen molar-refractivity contribution in [2.45, 2.75) is 32.9 Å². The molecule has 0 N–H and O–H groups in total. The van der Waals surface area contributed by atoms with Gasteiger partial charge in [-0.25, -0.2) is 9.79 Å². The maximum absolute atomic E-state index is 14.4. The lowest BCUT2D eigenvalue weighted by molar-refractivity contribution is -0.138. The molecule has 10 heteroatoms. The Hall–Kier alpha value is -4.89. The van der Waals surface area contributed by atoms with Gasteiger partial charge in [-0.15, -0.1) is 6.58 Å². The lowest BCUT2D eigenvalue weighted by Crippen LogP contribution is -2.40. The van der Waals surface area contributed by atoms with Crippen molar-refractivity contribution in [2.24, 2.45) is 4.99 Å². The highest BCUT2D eigenvalue weighted by molar-refractivity contribution is 7.07. The fourth-order valence-electron chi connectivity index (χ4n) is 5.79. The van der Waals surface area contributed by atoms with Gasteiger partial charge in [0, 0.05) is 21.2 Å². The van der Waals surface area contributed by atoms with E-state index in [1.807, 2.05) is 91.9 Å². The minimum Gasteiger partial charge on any atom is -0.490 e. The summed E-state index contributed by atoms with van der Waals surface area (Å²) in [5.74, 6) is 0.610. The molecule has 0 aliphatic carbocycles. The van der Waals surface area contributed by atoms with Crippen LogP contribution in [0.1, 0.15) is 47.7 Å². The molecule has 7 nitrogen and oxygen atoms in total. The minimum absolute atomic E-state index is 0.163. The Kier molecular flexibility index (Phi) is 11.0. The van der Waals surface area contributed by atoms with Crippen molar-refractivity contribution in [2.75, 3.05) is 13.2 Å².